The Hall–Kier alpha value is -1.81. The monoisotopic (exact) mass is 247 g/mol. The molecule has 1 heterocycles. The molecule has 0 aliphatic carbocycles. The average Bonchev–Trinajstić information content (AvgIpc) is 2.46. The number of ether oxygens (including phenoxy) is 2. The fourth-order valence-electron chi connectivity index (χ4n) is 2.06. The molecule has 1 aromatic carbocycles. The zero-order chi connectivity index (χ0) is 13.0. The largest absolute Gasteiger partial charge is 0.496 e. The van der Waals surface area contributed by atoms with E-state index in [0.717, 1.165) is 6.42 Å². The fourth-order valence-corrected chi connectivity index (χ4v) is 2.06. The van der Waals surface area contributed by atoms with Gasteiger partial charge in [0.05, 0.1) is 12.7 Å². The standard InChI is InChI=1S/C14H17NO3/c1-17-12-8-4-3-7-11(12)14(16)15-10-6-5-9-13(15)18-2/h3-5,7-9,13H,6,10H2,1-2H3. The lowest BCUT2D eigenvalue weighted by Gasteiger charge is -2.31. The molecule has 0 fully saturated rings. The van der Waals surface area contributed by atoms with Crippen molar-refractivity contribution in [2.45, 2.75) is 12.6 Å². The number of hydrogen-bond donors (Lipinski definition) is 0. The molecule has 1 amide bonds. The highest BCUT2D eigenvalue weighted by Gasteiger charge is 2.26. The molecule has 4 heteroatoms. The Labute approximate surface area is 107 Å². The number of methoxy groups -OCH3 is 2. The Kier molecular flexibility index (Phi) is 3.99. The van der Waals surface area contributed by atoms with Gasteiger partial charge < -0.3 is 14.4 Å². The number of carbonyl (C=O) groups excluding carboxylic acids is 1. The van der Waals surface area contributed by atoms with Crippen LogP contribution in [-0.4, -0.2) is 37.8 Å². The molecule has 4 nitrogen and oxygen atoms in total. The fraction of sp³-hybridized carbons (Fsp3) is 0.357. The van der Waals surface area contributed by atoms with Crippen molar-refractivity contribution >= 4 is 5.91 Å². The van der Waals surface area contributed by atoms with Crippen LogP contribution in [0.4, 0.5) is 0 Å². The van der Waals surface area contributed by atoms with Crippen LogP contribution in [0.25, 0.3) is 0 Å². The van der Waals surface area contributed by atoms with E-state index in [-0.39, 0.29) is 12.1 Å². The Morgan fingerprint density at radius 2 is 2.11 bits per heavy atom. The number of benzene rings is 1. The number of rotatable bonds is 3. The van der Waals surface area contributed by atoms with Crippen molar-refractivity contribution in [2.75, 3.05) is 20.8 Å². The highest BCUT2D eigenvalue weighted by molar-refractivity contribution is 5.97. The molecule has 96 valence electrons. The smallest absolute Gasteiger partial charge is 0.259 e. The minimum Gasteiger partial charge on any atom is -0.496 e. The third-order valence-electron chi connectivity index (χ3n) is 2.98. The molecule has 0 radical (unpaired) electrons. The van der Waals surface area contributed by atoms with E-state index in [1.807, 2.05) is 24.3 Å². The second-order valence-electron chi connectivity index (χ2n) is 4.04. The summed E-state index contributed by atoms with van der Waals surface area (Å²) in [5.74, 6) is 0.524. The molecule has 18 heavy (non-hydrogen) atoms. The number of carbonyl (C=O) groups is 1. The van der Waals surface area contributed by atoms with Crippen LogP contribution in [0.5, 0.6) is 5.75 Å². The van der Waals surface area contributed by atoms with Crippen molar-refractivity contribution in [3.8, 4) is 5.75 Å². The van der Waals surface area contributed by atoms with Gasteiger partial charge in [0.1, 0.15) is 5.75 Å². The zero-order valence-electron chi connectivity index (χ0n) is 10.6. The van der Waals surface area contributed by atoms with Crippen LogP contribution in [0.2, 0.25) is 0 Å². The van der Waals surface area contributed by atoms with Crippen molar-refractivity contribution in [1.82, 2.24) is 4.90 Å². The number of nitrogens with zero attached hydrogens (tertiary/aromatic N) is 1. The van der Waals surface area contributed by atoms with E-state index >= 15 is 0 Å². The molecule has 2 rings (SSSR count). The van der Waals surface area contributed by atoms with Crippen molar-refractivity contribution in [3.63, 3.8) is 0 Å². The van der Waals surface area contributed by atoms with Crippen LogP contribution in [0.3, 0.4) is 0 Å². The van der Waals surface area contributed by atoms with Crippen molar-refractivity contribution in [1.29, 1.82) is 0 Å². The predicted molar refractivity (Wildman–Crippen MR) is 68.6 cm³/mol. The summed E-state index contributed by atoms with van der Waals surface area (Å²) >= 11 is 0. The van der Waals surface area contributed by atoms with Crippen LogP contribution in [0, 0.1) is 0 Å². The molecular formula is C14H17NO3. The van der Waals surface area contributed by atoms with Gasteiger partial charge in [0.2, 0.25) is 0 Å². The molecule has 0 N–H and O–H groups in total. The molecule has 1 atom stereocenters. The van der Waals surface area contributed by atoms with Gasteiger partial charge in [0.15, 0.2) is 6.23 Å². The second-order valence-corrected chi connectivity index (χ2v) is 4.04. The first-order valence-corrected chi connectivity index (χ1v) is 5.91. The summed E-state index contributed by atoms with van der Waals surface area (Å²) in [5, 5.41) is 0. The SMILES string of the molecule is COc1ccccc1C(=O)N1CCC=CC1OC. The minimum atomic E-state index is -0.295. The lowest BCUT2D eigenvalue weighted by molar-refractivity contribution is 0.00312. The summed E-state index contributed by atoms with van der Waals surface area (Å²) in [6.07, 6.45) is 4.48. The van der Waals surface area contributed by atoms with Gasteiger partial charge in [0.25, 0.3) is 5.91 Å². The Morgan fingerprint density at radius 1 is 1.33 bits per heavy atom. The molecule has 0 bridgehead atoms. The van der Waals surface area contributed by atoms with Gasteiger partial charge in [0, 0.05) is 13.7 Å². The van der Waals surface area contributed by atoms with Gasteiger partial charge >= 0.3 is 0 Å². The molecular weight excluding hydrogens is 230 g/mol. The molecule has 1 unspecified atom stereocenters. The highest BCUT2D eigenvalue weighted by Crippen LogP contribution is 2.22. The lowest BCUT2D eigenvalue weighted by atomic mass is 10.1. The molecule has 0 spiro atoms. The van der Waals surface area contributed by atoms with Crippen molar-refractivity contribution < 1.29 is 14.3 Å². The van der Waals surface area contributed by atoms with E-state index in [1.165, 1.54) is 0 Å². The summed E-state index contributed by atoms with van der Waals surface area (Å²) in [6, 6.07) is 7.23. The Bertz CT molecular complexity index is 456. The van der Waals surface area contributed by atoms with E-state index < -0.39 is 0 Å². The average molecular weight is 247 g/mol. The lowest BCUT2D eigenvalue weighted by Crippen LogP contribution is -2.42. The predicted octanol–water partition coefficient (Wildman–Crippen LogP) is 2.07. The Morgan fingerprint density at radius 3 is 2.83 bits per heavy atom. The third-order valence-corrected chi connectivity index (χ3v) is 2.98. The number of hydrogen-bond acceptors (Lipinski definition) is 3. The van der Waals surface area contributed by atoms with Crippen LogP contribution in [-0.2, 0) is 4.74 Å². The van der Waals surface area contributed by atoms with Gasteiger partial charge in [-0.25, -0.2) is 0 Å². The van der Waals surface area contributed by atoms with Gasteiger partial charge in [-0.1, -0.05) is 18.2 Å². The molecule has 0 saturated heterocycles. The maximum atomic E-state index is 12.5. The van der Waals surface area contributed by atoms with Crippen LogP contribution in [0.15, 0.2) is 36.4 Å². The first-order valence-electron chi connectivity index (χ1n) is 5.91. The number of para-hydroxylation sites is 1. The number of amides is 1. The Balaban J connectivity index is 2.27. The summed E-state index contributed by atoms with van der Waals surface area (Å²) < 4.78 is 10.5. The van der Waals surface area contributed by atoms with Crippen LogP contribution >= 0.6 is 0 Å². The van der Waals surface area contributed by atoms with Crippen LogP contribution < -0.4 is 4.74 Å². The van der Waals surface area contributed by atoms with E-state index in [2.05, 4.69) is 0 Å². The molecule has 0 saturated carbocycles. The second kappa shape index (κ2) is 5.69. The topological polar surface area (TPSA) is 38.8 Å². The summed E-state index contributed by atoms with van der Waals surface area (Å²) in [7, 11) is 3.17. The zero-order valence-corrected chi connectivity index (χ0v) is 10.6. The van der Waals surface area contributed by atoms with Crippen molar-refractivity contribution in [3.05, 3.63) is 42.0 Å². The van der Waals surface area contributed by atoms with Gasteiger partial charge in [-0.3, -0.25) is 4.79 Å². The summed E-state index contributed by atoms with van der Waals surface area (Å²) in [6.45, 7) is 0.659. The van der Waals surface area contributed by atoms with E-state index in [9.17, 15) is 4.79 Å². The van der Waals surface area contributed by atoms with Gasteiger partial charge in [-0.15, -0.1) is 0 Å². The van der Waals surface area contributed by atoms with E-state index in [1.54, 1.807) is 31.3 Å². The molecule has 1 aliphatic rings. The maximum absolute atomic E-state index is 12.5. The van der Waals surface area contributed by atoms with Gasteiger partial charge in [-0.2, -0.15) is 0 Å². The minimum absolute atomic E-state index is 0.0661. The van der Waals surface area contributed by atoms with Crippen molar-refractivity contribution in [2.24, 2.45) is 0 Å². The third kappa shape index (κ3) is 2.38. The normalized spacial score (nSPS) is 18.8. The quantitative estimate of drug-likeness (QED) is 0.767. The summed E-state index contributed by atoms with van der Waals surface area (Å²) in [4.78, 5) is 14.2. The first kappa shape index (κ1) is 12.6. The van der Waals surface area contributed by atoms with E-state index in [0.29, 0.717) is 17.9 Å². The molecule has 1 aliphatic heterocycles. The van der Waals surface area contributed by atoms with Crippen LogP contribution in [0.1, 0.15) is 16.8 Å². The van der Waals surface area contributed by atoms with Gasteiger partial charge in [-0.05, 0) is 24.6 Å². The highest BCUT2D eigenvalue weighted by atomic mass is 16.5. The molecule has 1 aromatic rings. The molecule has 0 aromatic heterocycles. The summed E-state index contributed by atoms with van der Waals surface area (Å²) in [5.41, 5.74) is 0.567. The van der Waals surface area contributed by atoms with E-state index in [4.69, 9.17) is 9.47 Å². The maximum Gasteiger partial charge on any atom is 0.259 e. The first-order chi connectivity index (χ1) is 8.77.